The molecule has 0 radical (unpaired) electrons. The fraction of sp³-hybridized carbons (Fsp3) is 0.474. The van der Waals surface area contributed by atoms with Crippen LogP contribution in [0.5, 0.6) is 0 Å². The maximum atomic E-state index is 12.5. The van der Waals surface area contributed by atoms with Gasteiger partial charge in [-0.3, -0.25) is 4.79 Å². The monoisotopic (exact) mass is 362 g/mol. The van der Waals surface area contributed by atoms with Crippen LogP contribution in [0.4, 0.5) is 0 Å². The van der Waals surface area contributed by atoms with Gasteiger partial charge >= 0.3 is 5.97 Å². The second-order valence-electron chi connectivity index (χ2n) is 6.66. The number of aromatic nitrogens is 1. The fourth-order valence-corrected chi connectivity index (χ4v) is 4.08. The first kappa shape index (κ1) is 19.2. The Morgan fingerprint density at radius 2 is 1.64 bits per heavy atom. The van der Waals surface area contributed by atoms with Crippen LogP contribution in [0.2, 0.25) is 0 Å². The van der Waals surface area contributed by atoms with Crippen molar-refractivity contribution in [3.63, 3.8) is 0 Å². The first-order chi connectivity index (χ1) is 11.7. The average Bonchev–Trinajstić information content (AvgIpc) is 3.10. The molecule has 1 amide bonds. The van der Waals surface area contributed by atoms with Gasteiger partial charge in [0.1, 0.15) is 5.00 Å². The second kappa shape index (κ2) is 7.87. The summed E-state index contributed by atoms with van der Waals surface area (Å²) in [5.41, 5.74) is 2.59. The molecule has 2 aromatic heterocycles. The SMILES string of the molecule is Cc1ccc(C)n1-c1sccc1C(=O)OCC(=O)N(C(C)C)C(C)C. The highest BCUT2D eigenvalue weighted by Crippen LogP contribution is 2.26. The molecule has 0 fully saturated rings. The summed E-state index contributed by atoms with van der Waals surface area (Å²) in [6.07, 6.45) is 0. The maximum absolute atomic E-state index is 12.5. The molecule has 0 bridgehead atoms. The zero-order valence-corrected chi connectivity index (χ0v) is 16.5. The molecule has 25 heavy (non-hydrogen) atoms. The minimum atomic E-state index is -0.468. The molecule has 0 aliphatic heterocycles. The second-order valence-corrected chi connectivity index (χ2v) is 7.55. The molecule has 0 N–H and O–H groups in total. The van der Waals surface area contributed by atoms with Gasteiger partial charge in [0.2, 0.25) is 0 Å². The first-order valence-corrected chi connectivity index (χ1v) is 9.33. The van der Waals surface area contributed by atoms with Gasteiger partial charge in [-0.15, -0.1) is 11.3 Å². The molecular formula is C19H26N2O3S. The molecule has 136 valence electrons. The Morgan fingerprint density at radius 3 is 2.16 bits per heavy atom. The van der Waals surface area contributed by atoms with Gasteiger partial charge in [0.05, 0.1) is 5.56 Å². The van der Waals surface area contributed by atoms with Crippen LogP contribution in [0.15, 0.2) is 23.6 Å². The third-order valence-electron chi connectivity index (χ3n) is 4.07. The zero-order valence-electron chi connectivity index (χ0n) is 15.7. The lowest BCUT2D eigenvalue weighted by Crippen LogP contribution is -2.44. The number of hydrogen-bond donors (Lipinski definition) is 0. The van der Waals surface area contributed by atoms with Gasteiger partial charge in [-0.2, -0.15) is 0 Å². The highest BCUT2D eigenvalue weighted by molar-refractivity contribution is 7.13. The van der Waals surface area contributed by atoms with E-state index < -0.39 is 5.97 Å². The number of esters is 1. The Hall–Kier alpha value is -2.08. The van der Waals surface area contributed by atoms with E-state index in [0.29, 0.717) is 5.56 Å². The molecule has 2 rings (SSSR count). The summed E-state index contributed by atoms with van der Waals surface area (Å²) in [5.74, 6) is -0.645. The van der Waals surface area contributed by atoms with Crippen molar-refractivity contribution in [2.45, 2.75) is 53.6 Å². The van der Waals surface area contributed by atoms with E-state index in [2.05, 4.69) is 0 Å². The van der Waals surface area contributed by atoms with E-state index in [0.717, 1.165) is 16.4 Å². The maximum Gasteiger partial charge on any atom is 0.341 e. The number of ether oxygens (including phenoxy) is 1. The van der Waals surface area contributed by atoms with Crippen molar-refractivity contribution in [3.8, 4) is 5.00 Å². The van der Waals surface area contributed by atoms with Crippen LogP contribution in [0.1, 0.15) is 49.4 Å². The Kier molecular flexibility index (Phi) is 6.06. The lowest BCUT2D eigenvalue weighted by molar-refractivity contribution is -0.138. The standard InChI is InChI=1S/C19H26N2O3S/c1-12(2)20(13(3)4)17(22)11-24-19(23)16-9-10-25-18(16)21-14(5)7-8-15(21)6/h7-10,12-13H,11H2,1-6H3. The Balaban J connectivity index is 2.13. The number of rotatable bonds is 6. The normalized spacial score (nSPS) is 11.2. The molecule has 0 aliphatic carbocycles. The number of amides is 1. The molecule has 5 nitrogen and oxygen atoms in total. The summed E-state index contributed by atoms with van der Waals surface area (Å²) < 4.78 is 7.34. The highest BCUT2D eigenvalue weighted by atomic mass is 32.1. The quantitative estimate of drug-likeness (QED) is 0.731. The molecule has 0 saturated heterocycles. The van der Waals surface area contributed by atoms with Gasteiger partial charge in [0.25, 0.3) is 5.91 Å². The van der Waals surface area contributed by atoms with Crippen LogP contribution in [-0.2, 0) is 9.53 Å². The van der Waals surface area contributed by atoms with E-state index in [9.17, 15) is 9.59 Å². The molecule has 0 saturated carbocycles. The van der Waals surface area contributed by atoms with Crippen molar-refractivity contribution >= 4 is 23.2 Å². The van der Waals surface area contributed by atoms with Gasteiger partial charge in [-0.05, 0) is 65.1 Å². The van der Waals surface area contributed by atoms with Gasteiger partial charge in [-0.25, -0.2) is 4.79 Å². The van der Waals surface area contributed by atoms with Crippen LogP contribution in [0.3, 0.4) is 0 Å². The van der Waals surface area contributed by atoms with Crippen LogP contribution >= 0.6 is 11.3 Å². The van der Waals surface area contributed by atoms with Gasteiger partial charge in [-0.1, -0.05) is 0 Å². The molecule has 0 aliphatic rings. The minimum Gasteiger partial charge on any atom is -0.452 e. The summed E-state index contributed by atoms with van der Waals surface area (Å²) in [6.45, 7) is 11.6. The lowest BCUT2D eigenvalue weighted by Gasteiger charge is -2.30. The van der Waals surface area contributed by atoms with Crippen LogP contribution < -0.4 is 0 Å². The third kappa shape index (κ3) is 4.12. The fourth-order valence-electron chi connectivity index (χ4n) is 3.07. The predicted octanol–water partition coefficient (Wildman–Crippen LogP) is 3.96. The van der Waals surface area contributed by atoms with Crippen molar-refractivity contribution in [2.24, 2.45) is 0 Å². The summed E-state index contributed by atoms with van der Waals surface area (Å²) in [6, 6.07) is 5.89. The number of carbonyl (C=O) groups excluding carboxylic acids is 2. The highest BCUT2D eigenvalue weighted by Gasteiger charge is 2.23. The van der Waals surface area contributed by atoms with Crippen molar-refractivity contribution < 1.29 is 14.3 Å². The first-order valence-electron chi connectivity index (χ1n) is 8.45. The van der Waals surface area contributed by atoms with Crippen molar-refractivity contribution in [1.29, 1.82) is 0 Å². The average molecular weight is 362 g/mol. The zero-order chi connectivity index (χ0) is 18.7. The number of carbonyl (C=O) groups is 2. The lowest BCUT2D eigenvalue weighted by atomic mass is 10.2. The Morgan fingerprint density at radius 1 is 1.08 bits per heavy atom. The predicted molar refractivity (Wildman–Crippen MR) is 101 cm³/mol. The van der Waals surface area contributed by atoms with E-state index in [1.54, 1.807) is 11.0 Å². The summed E-state index contributed by atoms with van der Waals surface area (Å²) in [7, 11) is 0. The van der Waals surface area contributed by atoms with E-state index >= 15 is 0 Å². The Bertz CT molecular complexity index is 731. The molecule has 0 atom stereocenters. The minimum absolute atomic E-state index is 0.0630. The van der Waals surface area contributed by atoms with Gasteiger partial charge in [0.15, 0.2) is 6.61 Å². The third-order valence-corrected chi connectivity index (χ3v) is 4.96. The molecule has 2 aromatic rings. The number of nitrogens with zero attached hydrogens (tertiary/aromatic N) is 2. The van der Waals surface area contributed by atoms with Gasteiger partial charge in [0, 0.05) is 23.5 Å². The smallest absolute Gasteiger partial charge is 0.341 e. The number of aryl methyl sites for hydroxylation is 2. The molecule has 0 spiro atoms. The topological polar surface area (TPSA) is 51.5 Å². The van der Waals surface area contributed by atoms with Crippen molar-refractivity contribution in [1.82, 2.24) is 9.47 Å². The summed E-state index contributed by atoms with van der Waals surface area (Å²) in [4.78, 5) is 26.6. The van der Waals surface area contributed by atoms with Crippen molar-refractivity contribution in [2.75, 3.05) is 6.61 Å². The van der Waals surface area contributed by atoms with E-state index in [4.69, 9.17) is 4.74 Å². The largest absolute Gasteiger partial charge is 0.452 e. The van der Waals surface area contributed by atoms with E-state index in [1.807, 2.05) is 63.6 Å². The molecule has 0 aromatic carbocycles. The molecular weight excluding hydrogens is 336 g/mol. The van der Waals surface area contributed by atoms with Crippen molar-refractivity contribution in [3.05, 3.63) is 40.5 Å². The summed E-state index contributed by atoms with van der Waals surface area (Å²) in [5, 5.41) is 2.68. The number of thiophene rings is 1. The molecule has 6 heteroatoms. The van der Waals surface area contributed by atoms with Crippen LogP contribution in [0.25, 0.3) is 5.00 Å². The van der Waals surface area contributed by atoms with E-state index in [1.165, 1.54) is 11.3 Å². The Labute approximate surface area is 153 Å². The number of hydrogen-bond acceptors (Lipinski definition) is 4. The van der Waals surface area contributed by atoms with Crippen LogP contribution in [0, 0.1) is 13.8 Å². The van der Waals surface area contributed by atoms with Crippen LogP contribution in [-0.4, -0.2) is 40.0 Å². The molecule has 0 unspecified atom stereocenters. The van der Waals surface area contributed by atoms with E-state index in [-0.39, 0.29) is 24.6 Å². The molecule has 2 heterocycles. The summed E-state index contributed by atoms with van der Waals surface area (Å²) >= 11 is 1.48. The van der Waals surface area contributed by atoms with Gasteiger partial charge < -0.3 is 14.2 Å².